The second-order valence-corrected chi connectivity index (χ2v) is 5.38. The van der Waals surface area contributed by atoms with Crippen molar-refractivity contribution in [2.24, 2.45) is 5.92 Å². The minimum atomic E-state index is -0.778. The maximum Gasteiger partial charge on any atom is 0.317 e. The van der Waals surface area contributed by atoms with E-state index in [0.29, 0.717) is 32.0 Å². The minimum Gasteiger partial charge on any atom is -0.481 e. The van der Waals surface area contributed by atoms with Crippen molar-refractivity contribution < 1.29 is 19.5 Å². The Morgan fingerprint density at radius 1 is 1.38 bits per heavy atom. The molecule has 1 unspecified atom stereocenters. The van der Waals surface area contributed by atoms with Gasteiger partial charge < -0.3 is 20.6 Å². The zero-order chi connectivity index (χ0) is 15.7. The Kier molecular flexibility index (Phi) is 7.56. The first kappa shape index (κ1) is 17.3. The molecular formula is C14H25N3O4. The Morgan fingerprint density at radius 3 is 2.76 bits per heavy atom. The standard InChI is InChI=1S/C14H25N3O4/c1-2-3-11(4-5-13(19)20)6-7-16-14(21)17-9-8-15-12(18)10-17/h11H,2-10H2,1H3,(H,15,18)(H,16,21)(H,19,20). The van der Waals surface area contributed by atoms with Gasteiger partial charge in [-0.3, -0.25) is 9.59 Å². The van der Waals surface area contributed by atoms with E-state index < -0.39 is 5.97 Å². The van der Waals surface area contributed by atoms with Gasteiger partial charge in [-0.1, -0.05) is 19.8 Å². The summed E-state index contributed by atoms with van der Waals surface area (Å²) < 4.78 is 0. The fraction of sp³-hybridized carbons (Fsp3) is 0.786. The summed E-state index contributed by atoms with van der Waals surface area (Å²) in [7, 11) is 0. The van der Waals surface area contributed by atoms with Crippen LogP contribution in [0.4, 0.5) is 4.79 Å². The van der Waals surface area contributed by atoms with Crippen molar-refractivity contribution >= 4 is 17.9 Å². The zero-order valence-corrected chi connectivity index (χ0v) is 12.6. The number of nitrogens with one attached hydrogen (secondary N) is 2. The summed E-state index contributed by atoms with van der Waals surface area (Å²) in [6, 6.07) is -0.224. The van der Waals surface area contributed by atoms with E-state index >= 15 is 0 Å². The van der Waals surface area contributed by atoms with Crippen LogP contribution < -0.4 is 10.6 Å². The van der Waals surface area contributed by atoms with Crippen LogP contribution in [0.5, 0.6) is 0 Å². The molecule has 1 heterocycles. The van der Waals surface area contributed by atoms with Gasteiger partial charge in [0.1, 0.15) is 6.54 Å². The van der Waals surface area contributed by atoms with Gasteiger partial charge in [0, 0.05) is 26.1 Å². The first-order valence-electron chi connectivity index (χ1n) is 7.54. The van der Waals surface area contributed by atoms with Gasteiger partial charge in [-0.2, -0.15) is 0 Å². The van der Waals surface area contributed by atoms with Gasteiger partial charge in [0.2, 0.25) is 5.91 Å². The lowest BCUT2D eigenvalue weighted by Crippen LogP contribution is -2.53. The number of carbonyl (C=O) groups is 3. The van der Waals surface area contributed by atoms with Crippen LogP contribution >= 0.6 is 0 Å². The van der Waals surface area contributed by atoms with Crippen LogP contribution in [0.3, 0.4) is 0 Å². The lowest BCUT2D eigenvalue weighted by atomic mass is 9.94. The second-order valence-electron chi connectivity index (χ2n) is 5.38. The quantitative estimate of drug-likeness (QED) is 0.617. The molecule has 1 atom stereocenters. The van der Waals surface area contributed by atoms with Crippen LogP contribution in [0, 0.1) is 5.92 Å². The fourth-order valence-corrected chi connectivity index (χ4v) is 2.48. The maximum atomic E-state index is 11.9. The SMILES string of the molecule is CCCC(CCNC(=O)N1CCNC(=O)C1)CCC(=O)O. The molecule has 120 valence electrons. The van der Waals surface area contributed by atoms with Crippen LogP contribution in [0.15, 0.2) is 0 Å². The van der Waals surface area contributed by atoms with E-state index in [1.165, 1.54) is 4.90 Å². The molecule has 21 heavy (non-hydrogen) atoms. The van der Waals surface area contributed by atoms with Gasteiger partial charge in [-0.15, -0.1) is 0 Å². The largest absolute Gasteiger partial charge is 0.481 e. The molecule has 1 aliphatic heterocycles. The normalized spacial score (nSPS) is 16.2. The second kappa shape index (κ2) is 9.20. The van der Waals surface area contributed by atoms with Gasteiger partial charge in [-0.25, -0.2) is 4.79 Å². The van der Waals surface area contributed by atoms with Crippen molar-refractivity contribution in [1.29, 1.82) is 0 Å². The topological polar surface area (TPSA) is 98.7 Å². The highest BCUT2D eigenvalue weighted by atomic mass is 16.4. The summed E-state index contributed by atoms with van der Waals surface area (Å²) in [6.45, 7) is 3.70. The van der Waals surface area contributed by atoms with E-state index in [0.717, 1.165) is 19.3 Å². The molecular weight excluding hydrogens is 274 g/mol. The van der Waals surface area contributed by atoms with Gasteiger partial charge >= 0.3 is 12.0 Å². The van der Waals surface area contributed by atoms with E-state index in [2.05, 4.69) is 17.6 Å². The molecule has 0 aromatic rings. The number of aliphatic carboxylic acids is 1. The maximum absolute atomic E-state index is 11.9. The Balaban J connectivity index is 2.26. The van der Waals surface area contributed by atoms with E-state index in [1.807, 2.05) is 0 Å². The summed E-state index contributed by atoms with van der Waals surface area (Å²) in [5, 5.41) is 14.2. The smallest absolute Gasteiger partial charge is 0.317 e. The van der Waals surface area contributed by atoms with E-state index in [-0.39, 0.29) is 24.9 Å². The van der Waals surface area contributed by atoms with Crippen LogP contribution in [0.2, 0.25) is 0 Å². The summed E-state index contributed by atoms with van der Waals surface area (Å²) in [6.07, 6.45) is 3.56. The van der Waals surface area contributed by atoms with Gasteiger partial charge in [0.15, 0.2) is 0 Å². The molecule has 0 radical (unpaired) electrons. The number of amides is 3. The number of urea groups is 1. The molecule has 7 heteroatoms. The Morgan fingerprint density at radius 2 is 2.14 bits per heavy atom. The molecule has 0 spiro atoms. The Labute approximate surface area is 125 Å². The first-order chi connectivity index (χ1) is 10.0. The third-order valence-electron chi connectivity index (χ3n) is 3.62. The molecule has 7 nitrogen and oxygen atoms in total. The fourth-order valence-electron chi connectivity index (χ4n) is 2.48. The summed E-state index contributed by atoms with van der Waals surface area (Å²) >= 11 is 0. The third-order valence-corrected chi connectivity index (χ3v) is 3.62. The zero-order valence-electron chi connectivity index (χ0n) is 12.6. The van der Waals surface area contributed by atoms with Crippen LogP contribution in [0.25, 0.3) is 0 Å². The number of rotatable bonds is 8. The predicted molar refractivity (Wildman–Crippen MR) is 77.9 cm³/mol. The molecule has 0 aromatic carbocycles. The van der Waals surface area contributed by atoms with Crippen molar-refractivity contribution in [1.82, 2.24) is 15.5 Å². The van der Waals surface area contributed by atoms with Crippen molar-refractivity contribution in [2.45, 2.75) is 39.0 Å². The van der Waals surface area contributed by atoms with Gasteiger partial charge in [-0.05, 0) is 18.8 Å². The predicted octanol–water partition coefficient (Wildman–Crippen LogP) is 0.799. The lowest BCUT2D eigenvalue weighted by molar-refractivity contribution is -0.137. The third kappa shape index (κ3) is 6.97. The molecule has 1 saturated heterocycles. The van der Waals surface area contributed by atoms with Crippen LogP contribution in [-0.2, 0) is 9.59 Å². The summed E-state index contributed by atoms with van der Waals surface area (Å²) in [5.74, 6) is -0.600. The molecule has 1 aliphatic rings. The molecule has 0 saturated carbocycles. The highest BCUT2D eigenvalue weighted by Crippen LogP contribution is 2.17. The number of carboxylic acid groups (broad SMARTS) is 1. The molecule has 0 aliphatic carbocycles. The Bertz CT molecular complexity index is 373. The van der Waals surface area contributed by atoms with E-state index in [4.69, 9.17) is 5.11 Å². The monoisotopic (exact) mass is 299 g/mol. The molecule has 1 rings (SSSR count). The molecule has 3 N–H and O–H groups in total. The number of carbonyl (C=O) groups excluding carboxylic acids is 2. The molecule has 0 bridgehead atoms. The van der Waals surface area contributed by atoms with Crippen molar-refractivity contribution in [3.05, 3.63) is 0 Å². The van der Waals surface area contributed by atoms with Gasteiger partial charge in [0.05, 0.1) is 0 Å². The van der Waals surface area contributed by atoms with Crippen molar-refractivity contribution in [2.75, 3.05) is 26.2 Å². The average Bonchev–Trinajstić information content (AvgIpc) is 2.44. The van der Waals surface area contributed by atoms with E-state index in [9.17, 15) is 14.4 Å². The van der Waals surface area contributed by atoms with Crippen LogP contribution in [-0.4, -0.2) is 54.1 Å². The summed E-state index contributed by atoms with van der Waals surface area (Å²) in [4.78, 5) is 35.2. The molecule has 0 aromatic heterocycles. The number of carboxylic acids is 1. The highest BCUT2D eigenvalue weighted by Gasteiger charge is 2.20. The van der Waals surface area contributed by atoms with E-state index in [1.54, 1.807) is 0 Å². The number of hydrogen-bond donors (Lipinski definition) is 3. The van der Waals surface area contributed by atoms with Crippen molar-refractivity contribution in [3.63, 3.8) is 0 Å². The first-order valence-corrected chi connectivity index (χ1v) is 7.54. The molecule has 3 amide bonds. The minimum absolute atomic E-state index is 0.100. The Hall–Kier alpha value is -1.79. The number of piperazine rings is 1. The number of nitrogens with zero attached hydrogens (tertiary/aromatic N) is 1. The number of hydrogen-bond acceptors (Lipinski definition) is 3. The lowest BCUT2D eigenvalue weighted by Gasteiger charge is -2.27. The molecule has 1 fully saturated rings. The van der Waals surface area contributed by atoms with Crippen LogP contribution in [0.1, 0.15) is 39.0 Å². The summed E-state index contributed by atoms with van der Waals surface area (Å²) in [5.41, 5.74) is 0. The van der Waals surface area contributed by atoms with Crippen molar-refractivity contribution in [3.8, 4) is 0 Å². The highest BCUT2D eigenvalue weighted by molar-refractivity contribution is 5.85. The average molecular weight is 299 g/mol. The van der Waals surface area contributed by atoms with Gasteiger partial charge in [0.25, 0.3) is 0 Å².